The van der Waals surface area contributed by atoms with E-state index in [1.54, 1.807) is 11.1 Å². The van der Waals surface area contributed by atoms with E-state index in [0.29, 0.717) is 13.0 Å². The fourth-order valence-electron chi connectivity index (χ4n) is 2.45. The molecule has 1 unspecified atom stereocenters. The SMILES string of the molecule is NN1C(=O)N(c2ccccc2)CC1Cc1cccnc1. The number of hydrogen-bond acceptors (Lipinski definition) is 3. The van der Waals surface area contributed by atoms with Crippen molar-refractivity contribution >= 4 is 11.7 Å². The Hall–Kier alpha value is -2.40. The van der Waals surface area contributed by atoms with Crippen LogP contribution >= 0.6 is 0 Å². The van der Waals surface area contributed by atoms with E-state index in [0.717, 1.165) is 11.3 Å². The highest BCUT2D eigenvalue weighted by Gasteiger charge is 2.36. The largest absolute Gasteiger partial charge is 0.339 e. The third kappa shape index (κ3) is 2.35. The van der Waals surface area contributed by atoms with Crippen molar-refractivity contribution in [1.29, 1.82) is 0 Å². The molecule has 5 nitrogen and oxygen atoms in total. The quantitative estimate of drug-likeness (QED) is 0.682. The van der Waals surface area contributed by atoms with Crippen LogP contribution in [-0.4, -0.2) is 28.6 Å². The van der Waals surface area contributed by atoms with E-state index in [4.69, 9.17) is 5.84 Å². The molecule has 2 aromatic rings. The lowest BCUT2D eigenvalue weighted by molar-refractivity contribution is 0.207. The fraction of sp³-hybridized carbons (Fsp3) is 0.200. The molecule has 3 rings (SSSR count). The number of pyridine rings is 1. The molecule has 0 radical (unpaired) electrons. The van der Waals surface area contributed by atoms with Crippen molar-refractivity contribution in [2.45, 2.75) is 12.5 Å². The molecule has 1 aliphatic rings. The molecule has 20 heavy (non-hydrogen) atoms. The molecule has 2 N–H and O–H groups in total. The van der Waals surface area contributed by atoms with Gasteiger partial charge in [0.1, 0.15) is 0 Å². The molecule has 1 atom stereocenters. The Morgan fingerprint density at radius 1 is 1.20 bits per heavy atom. The highest BCUT2D eigenvalue weighted by atomic mass is 16.2. The average Bonchev–Trinajstić information content (AvgIpc) is 2.78. The van der Waals surface area contributed by atoms with E-state index in [9.17, 15) is 4.79 Å². The molecule has 2 heterocycles. The first-order valence-electron chi connectivity index (χ1n) is 6.55. The Labute approximate surface area is 117 Å². The molecule has 0 aliphatic carbocycles. The first-order valence-corrected chi connectivity index (χ1v) is 6.55. The molecule has 1 saturated heterocycles. The van der Waals surface area contributed by atoms with Gasteiger partial charge in [-0.1, -0.05) is 24.3 Å². The first-order chi connectivity index (χ1) is 9.75. The summed E-state index contributed by atoms with van der Waals surface area (Å²) < 4.78 is 0. The summed E-state index contributed by atoms with van der Waals surface area (Å²) in [5.74, 6) is 5.92. The minimum absolute atomic E-state index is 0.0353. The van der Waals surface area contributed by atoms with Crippen LogP contribution in [-0.2, 0) is 6.42 Å². The topological polar surface area (TPSA) is 62.5 Å². The second-order valence-corrected chi connectivity index (χ2v) is 4.86. The van der Waals surface area contributed by atoms with Crippen LogP contribution in [0.4, 0.5) is 10.5 Å². The maximum Gasteiger partial charge on any atom is 0.339 e. The lowest BCUT2D eigenvalue weighted by Crippen LogP contribution is -2.41. The summed E-state index contributed by atoms with van der Waals surface area (Å²) in [5.41, 5.74) is 1.96. The predicted molar refractivity (Wildman–Crippen MR) is 76.9 cm³/mol. The van der Waals surface area contributed by atoms with Crippen LogP contribution in [0.15, 0.2) is 54.9 Å². The van der Waals surface area contributed by atoms with Crippen molar-refractivity contribution in [2.24, 2.45) is 5.84 Å². The molecule has 1 aromatic carbocycles. The molecule has 1 fully saturated rings. The Bertz CT molecular complexity index is 587. The molecular formula is C15H16N4O. The number of carbonyl (C=O) groups excluding carboxylic acids is 1. The van der Waals surface area contributed by atoms with Gasteiger partial charge in [0.05, 0.1) is 12.6 Å². The van der Waals surface area contributed by atoms with E-state index >= 15 is 0 Å². The van der Waals surface area contributed by atoms with E-state index in [2.05, 4.69) is 4.98 Å². The van der Waals surface area contributed by atoms with Crippen molar-refractivity contribution in [3.8, 4) is 0 Å². The number of aromatic nitrogens is 1. The number of rotatable bonds is 3. The van der Waals surface area contributed by atoms with Crippen LogP contribution in [0.2, 0.25) is 0 Å². The zero-order valence-electron chi connectivity index (χ0n) is 11.0. The monoisotopic (exact) mass is 268 g/mol. The van der Waals surface area contributed by atoms with Crippen LogP contribution in [0.1, 0.15) is 5.56 Å². The van der Waals surface area contributed by atoms with Gasteiger partial charge in [0.2, 0.25) is 0 Å². The molecule has 0 spiro atoms. The van der Waals surface area contributed by atoms with Gasteiger partial charge in [-0.15, -0.1) is 0 Å². The summed E-state index contributed by atoms with van der Waals surface area (Å²) in [4.78, 5) is 18.0. The maximum atomic E-state index is 12.2. The van der Waals surface area contributed by atoms with Crippen molar-refractivity contribution < 1.29 is 4.79 Å². The smallest absolute Gasteiger partial charge is 0.291 e. The van der Waals surface area contributed by atoms with Crippen LogP contribution in [0, 0.1) is 0 Å². The molecule has 5 heteroatoms. The number of amides is 2. The van der Waals surface area contributed by atoms with Gasteiger partial charge >= 0.3 is 6.03 Å². The molecule has 2 amide bonds. The molecule has 1 aliphatic heterocycles. The summed E-state index contributed by atoms with van der Waals surface area (Å²) in [5, 5.41) is 1.32. The zero-order chi connectivity index (χ0) is 13.9. The number of benzene rings is 1. The number of nitrogens with two attached hydrogens (primary N) is 1. The Kier molecular flexibility index (Phi) is 3.35. The molecular weight excluding hydrogens is 252 g/mol. The van der Waals surface area contributed by atoms with Crippen LogP contribution in [0.3, 0.4) is 0 Å². The standard InChI is InChI=1S/C15H16N4O/c16-19-14(9-12-5-4-8-17-10-12)11-18(15(19)20)13-6-2-1-3-7-13/h1-8,10,14H,9,11,16H2. The summed E-state index contributed by atoms with van der Waals surface area (Å²) in [7, 11) is 0. The molecule has 1 aromatic heterocycles. The van der Waals surface area contributed by atoms with Gasteiger partial charge in [-0.05, 0) is 30.2 Å². The van der Waals surface area contributed by atoms with Crippen LogP contribution in [0.5, 0.6) is 0 Å². The third-order valence-electron chi connectivity index (χ3n) is 3.50. The van der Waals surface area contributed by atoms with Crippen molar-refractivity contribution in [3.63, 3.8) is 0 Å². The number of urea groups is 1. The summed E-state index contributed by atoms with van der Waals surface area (Å²) in [6.07, 6.45) is 4.25. The zero-order valence-corrected chi connectivity index (χ0v) is 11.0. The maximum absolute atomic E-state index is 12.2. The van der Waals surface area contributed by atoms with Gasteiger partial charge < -0.3 is 0 Å². The van der Waals surface area contributed by atoms with Crippen molar-refractivity contribution in [3.05, 3.63) is 60.4 Å². The number of nitrogens with zero attached hydrogens (tertiary/aromatic N) is 3. The Morgan fingerprint density at radius 2 is 2.00 bits per heavy atom. The van der Waals surface area contributed by atoms with Gasteiger partial charge in [0, 0.05) is 18.1 Å². The van der Waals surface area contributed by atoms with E-state index in [-0.39, 0.29) is 12.1 Å². The van der Waals surface area contributed by atoms with Gasteiger partial charge in [0.15, 0.2) is 0 Å². The highest BCUT2D eigenvalue weighted by Crippen LogP contribution is 2.23. The number of anilines is 1. The second kappa shape index (κ2) is 5.30. The number of hydrogen-bond donors (Lipinski definition) is 1. The molecule has 0 saturated carbocycles. The summed E-state index contributed by atoms with van der Waals surface area (Å²) >= 11 is 0. The normalized spacial score (nSPS) is 18.6. The van der Waals surface area contributed by atoms with E-state index in [1.165, 1.54) is 5.01 Å². The van der Waals surface area contributed by atoms with Crippen molar-refractivity contribution in [1.82, 2.24) is 9.99 Å². The number of hydrazine groups is 1. The molecule has 102 valence electrons. The minimum Gasteiger partial charge on any atom is -0.291 e. The third-order valence-corrected chi connectivity index (χ3v) is 3.50. The predicted octanol–water partition coefficient (Wildman–Crippen LogP) is 1.81. The number of carbonyl (C=O) groups is 1. The van der Waals surface area contributed by atoms with E-state index in [1.807, 2.05) is 48.7 Å². The Morgan fingerprint density at radius 3 is 2.70 bits per heavy atom. The van der Waals surface area contributed by atoms with E-state index < -0.39 is 0 Å². The fourth-order valence-corrected chi connectivity index (χ4v) is 2.45. The average molecular weight is 268 g/mol. The summed E-state index contributed by atoms with van der Waals surface area (Å²) in [6, 6.07) is 13.3. The number of para-hydroxylation sites is 1. The summed E-state index contributed by atoms with van der Waals surface area (Å²) in [6.45, 7) is 0.592. The highest BCUT2D eigenvalue weighted by molar-refractivity contribution is 5.94. The van der Waals surface area contributed by atoms with Crippen LogP contribution < -0.4 is 10.7 Å². The first kappa shape index (κ1) is 12.6. The van der Waals surface area contributed by atoms with Gasteiger partial charge in [-0.3, -0.25) is 14.9 Å². The minimum atomic E-state index is -0.162. The van der Waals surface area contributed by atoms with Gasteiger partial charge in [0.25, 0.3) is 0 Å². The lowest BCUT2D eigenvalue weighted by atomic mass is 10.1. The molecule has 0 bridgehead atoms. The van der Waals surface area contributed by atoms with Crippen molar-refractivity contribution in [2.75, 3.05) is 11.4 Å². The van der Waals surface area contributed by atoms with Crippen LogP contribution in [0.25, 0.3) is 0 Å². The van der Waals surface area contributed by atoms with Gasteiger partial charge in [-0.25, -0.2) is 10.6 Å². The second-order valence-electron chi connectivity index (χ2n) is 4.86. The van der Waals surface area contributed by atoms with Gasteiger partial charge in [-0.2, -0.15) is 0 Å². The lowest BCUT2D eigenvalue weighted by Gasteiger charge is -2.16. The Balaban J connectivity index is 1.77.